The lowest BCUT2D eigenvalue weighted by Gasteiger charge is -2.36. The number of carboxylic acid groups (broad SMARTS) is 1. The van der Waals surface area contributed by atoms with Crippen molar-refractivity contribution in [2.75, 3.05) is 19.6 Å². The first-order valence-electron chi connectivity index (χ1n) is 12.3. The molecule has 3 N–H and O–H groups in total. The van der Waals surface area contributed by atoms with Gasteiger partial charge in [0, 0.05) is 30.7 Å². The molecule has 13 heteroatoms. The molecule has 3 amide bonds. The van der Waals surface area contributed by atoms with Crippen LogP contribution in [0.4, 0.5) is 0 Å². The van der Waals surface area contributed by atoms with Gasteiger partial charge in [-0.2, -0.15) is 4.72 Å². The molecule has 2 aromatic rings. The van der Waals surface area contributed by atoms with Crippen LogP contribution in [-0.4, -0.2) is 84.8 Å². The molecular weight excluding hydrogens is 536 g/mol. The molecule has 2 saturated heterocycles. The summed E-state index contributed by atoms with van der Waals surface area (Å²) >= 11 is 6.00. The number of rotatable bonds is 8. The van der Waals surface area contributed by atoms with Crippen LogP contribution < -0.4 is 10.0 Å². The predicted octanol–water partition coefficient (Wildman–Crippen LogP) is 1.34. The molecule has 0 spiro atoms. The maximum atomic E-state index is 13.2. The summed E-state index contributed by atoms with van der Waals surface area (Å²) in [6.07, 6.45) is 0.795. The van der Waals surface area contributed by atoms with Crippen molar-refractivity contribution in [3.05, 3.63) is 41.4 Å². The lowest BCUT2D eigenvalue weighted by molar-refractivity contribution is -0.144. The Morgan fingerprint density at radius 1 is 1.11 bits per heavy atom. The molecule has 0 aliphatic carbocycles. The highest BCUT2D eigenvalue weighted by Gasteiger charge is 2.40. The molecule has 38 heavy (non-hydrogen) atoms. The molecule has 2 aromatic carbocycles. The Morgan fingerprint density at radius 2 is 1.82 bits per heavy atom. The molecular formula is C25H29ClN4O7S. The molecule has 0 aromatic heterocycles. The van der Waals surface area contributed by atoms with Crippen LogP contribution in [0.5, 0.6) is 0 Å². The van der Waals surface area contributed by atoms with Crippen molar-refractivity contribution in [1.29, 1.82) is 0 Å². The number of fused-ring (bicyclic) bond motifs is 1. The molecule has 3 atom stereocenters. The summed E-state index contributed by atoms with van der Waals surface area (Å²) in [5, 5.41) is 13.4. The van der Waals surface area contributed by atoms with Gasteiger partial charge in [-0.15, -0.1) is 0 Å². The average Bonchev–Trinajstić information content (AvgIpc) is 3.21. The van der Waals surface area contributed by atoms with Gasteiger partial charge in [0.25, 0.3) is 0 Å². The minimum absolute atomic E-state index is 0.0204. The Hall–Kier alpha value is -3.22. The molecule has 204 valence electrons. The first kappa shape index (κ1) is 27.8. The third-order valence-corrected chi connectivity index (χ3v) is 8.56. The third kappa shape index (κ3) is 6.25. The number of aliphatic carboxylic acids is 1. The molecule has 0 radical (unpaired) electrons. The van der Waals surface area contributed by atoms with Crippen LogP contribution in [0, 0.1) is 0 Å². The smallest absolute Gasteiger partial charge is 0.312 e. The van der Waals surface area contributed by atoms with E-state index >= 15 is 0 Å². The minimum Gasteiger partial charge on any atom is -0.481 e. The number of piperidine rings is 1. The van der Waals surface area contributed by atoms with E-state index in [4.69, 9.17) is 16.7 Å². The van der Waals surface area contributed by atoms with Crippen molar-refractivity contribution >= 4 is 56.1 Å². The van der Waals surface area contributed by atoms with E-state index < -0.39 is 46.3 Å². The van der Waals surface area contributed by atoms with Crippen molar-refractivity contribution in [3.63, 3.8) is 0 Å². The monoisotopic (exact) mass is 564 g/mol. The van der Waals surface area contributed by atoms with Crippen LogP contribution >= 0.6 is 11.6 Å². The standard InChI is InChI=1S/C25H29ClN4O7S/c1-15(24(34)29-9-2-3-19(14-29)27-22(31)13-23(32)33)30-10-8-21(25(30)35)28-38(36,37)20-7-5-16-11-18(26)6-4-17(16)12-20/h4-7,11-12,15,19,21,28H,2-3,8-10,13-14H2,1H3,(H,27,31)(H,32,33)/t15-,19-,21-/m0/s1. The van der Waals surface area contributed by atoms with E-state index in [0.29, 0.717) is 29.8 Å². The van der Waals surface area contributed by atoms with Crippen LogP contribution in [0.15, 0.2) is 41.3 Å². The SMILES string of the molecule is C[C@@H](C(=O)N1CCC[C@H](NC(=O)CC(=O)O)C1)N1CC[C@H](NS(=O)(=O)c2ccc3cc(Cl)ccc3c2)C1=O. The predicted molar refractivity (Wildman–Crippen MR) is 139 cm³/mol. The lowest BCUT2D eigenvalue weighted by Crippen LogP contribution is -2.55. The Balaban J connectivity index is 1.38. The number of carbonyl (C=O) groups is 4. The summed E-state index contributed by atoms with van der Waals surface area (Å²) in [5.41, 5.74) is 0. The van der Waals surface area contributed by atoms with Crippen LogP contribution in [-0.2, 0) is 29.2 Å². The lowest BCUT2D eigenvalue weighted by atomic mass is 10.0. The summed E-state index contributed by atoms with van der Waals surface area (Å²) in [6.45, 7) is 2.46. The zero-order valence-corrected chi connectivity index (χ0v) is 22.3. The zero-order valence-electron chi connectivity index (χ0n) is 20.7. The Bertz CT molecular complexity index is 1380. The molecule has 11 nitrogen and oxygen atoms in total. The van der Waals surface area contributed by atoms with E-state index in [9.17, 15) is 27.6 Å². The third-order valence-electron chi connectivity index (χ3n) is 6.86. The van der Waals surface area contributed by atoms with Crippen LogP contribution in [0.3, 0.4) is 0 Å². The van der Waals surface area contributed by atoms with E-state index in [-0.39, 0.29) is 36.4 Å². The van der Waals surface area contributed by atoms with Crippen molar-refractivity contribution < 1.29 is 32.7 Å². The number of carboxylic acids is 1. The zero-order chi connectivity index (χ0) is 27.6. The number of nitrogens with one attached hydrogen (secondary N) is 2. The summed E-state index contributed by atoms with van der Waals surface area (Å²) in [7, 11) is -4.00. The van der Waals surface area contributed by atoms with Crippen LogP contribution in [0.2, 0.25) is 5.02 Å². The first-order chi connectivity index (χ1) is 17.9. The number of benzene rings is 2. The van der Waals surface area contributed by atoms with Gasteiger partial charge in [-0.1, -0.05) is 23.7 Å². The van der Waals surface area contributed by atoms with E-state index in [2.05, 4.69) is 10.0 Å². The number of likely N-dealkylation sites (tertiary alicyclic amines) is 2. The fourth-order valence-electron chi connectivity index (χ4n) is 4.92. The second-order valence-electron chi connectivity index (χ2n) is 9.58. The number of amides is 3. The highest BCUT2D eigenvalue weighted by molar-refractivity contribution is 7.89. The fourth-order valence-corrected chi connectivity index (χ4v) is 6.36. The number of hydrogen-bond acceptors (Lipinski definition) is 6. The second kappa shape index (κ2) is 11.3. The Labute approximate surface area is 225 Å². The topological polar surface area (TPSA) is 153 Å². The highest BCUT2D eigenvalue weighted by Crippen LogP contribution is 2.24. The number of halogens is 1. The molecule has 0 saturated carbocycles. The molecule has 2 fully saturated rings. The molecule has 0 bridgehead atoms. The van der Waals surface area contributed by atoms with Crippen molar-refractivity contribution in [3.8, 4) is 0 Å². The Kier molecular flexibility index (Phi) is 8.24. The van der Waals surface area contributed by atoms with Gasteiger partial charge in [0.15, 0.2) is 0 Å². The maximum absolute atomic E-state index is 13.2. The molecule has 2 aliphatic heterocycles. The summed E-state index contributed by atoms with van der Waals surface area (Å²) in [6, 6.07) is 7.52. The van der Waals surface area contributed by atoms with Crippen molar-refractivity contribution in [2.24, 2.45) is 0 Å². The molecule has 4 rings (SSSR count). The van der Waals surface area contributed by atoms with Crippen LogP contribution in [0.1, 0.15) is 32.6 Å². The van der Waals surface area contributed by atoms with Crippen LogP contribution in [0.25, 0.3) is 10.8 Å². The van der Waals surface area contributed by atoms with Gasteiger partial charge in [0.1, 0.15) is 18.5 Å². The average molecular weight is 565 g/mol. The Morgan fingerprint density at radius 3 is 2.55 bits per heavy atom. The van der Waals surface area contributed by atoms with Crippen molar-refractivity contribution in [2.45, 2.75) is 55.6 Å². The van der Waals surface area contributed by atoms with E-state index in [1.807, 2.05) is 0 Å². The van der Waals surface area contributed by atoms with Gasteiger partial charge in [0.05, 0.1) is 4.90 Å². The van der Waals surface area contributed by atoms with Crippen molar-refractivity contribution in [1.82, 2.24) is 19.8 Å². The summed E-state index contributed by atoms with van der Waals surface area (Å²) in [4.78, 5) is 51.8. The van der Waals surface area contributed by atoms with E-state index in [1.165, 1.54) is 17.0 Å². The molecule has 2 aliphatic rings. The summed E-state index contributed by atoms with van der Waals surface area (Å²) < 4.78 is 28.6. The minimum atomic E-state index is -4.00. The normalized spacial score (nSPS) is 20.9. The van der Waals surface area contributed by atoms with Gasteiger partial charge in [0.2, 0.25) is 27.7 Å². The van der Waals surface area contributed by atoms with Gasteiger partial charge in [-0.25, -0.2) is 8.42 Å². The molecule has 0 unspecified atom stereocenters. The number of sulfonamides is 1. The fraction of sp³-hybridized carbons (Fsp3) is 0.440. The van der Waals surface area contributed by atoms with Gasteiger partial charge in [-0.3, -0.25) is 19.2 Å². The second-order valence-corrected chi connectivity index (χ2v) is 11.7. The first-order valence-corrected chi connectivity index (χ1v) is 14.1. The van der Waals surface area contributed by atoms with Gasteiger partial charge in [-0.05, 0) is 61.2 Å². The maximum Gasteiger partial charge on any atom is 0.312 e. The number of hydrogen-bond donors (Lipinski definition) is 3. The van der Waals surface area contributed by atoms with E-state index in [1.54, 1.807) is 36.1 Å². The number of nitrogens with zero attached hydrogens (tertiary/aromatic N) is 2. The van der Waals surface area contributed by atoms with Gasteiger partial charge < -0.3 is 20.2 Å². The summed E-state index contributed by atoms with van der Waals surface area (Å²) in [5.74, 6) is -2.65. The largest absolute Gasteiger partial charge is 0.481 e. The molecule has 2 heterocycles. The van der Waals surface area contributed by atoms with Gasteiger partial charge >= 0.3 is 5.97 Å². The quantitative estimate of drug-likeness (QED) is 0.409. The number of carbonyl (C=O) groups excluding carboxylic acids is 3. The highest BCUT2D eigenvalue weighted by atomic mass is 35.5. The van der Waals surface area contributed by atoms with E-state index in [0.717, 1.165) is 5.39 Å².